The van der Waals surface area contributed by atoms with Crippen molar-refractivity contribution in [3.05, 3.63) is 11.9 Å². The van der Waals surface area contributed by atoms with Gasteiger partial charge in [-0.1, -0.05) is 6.42 Å². The molecule has 1 saturated heterocycles. The van der Waals surface area contributed by atoms with Gasteiger partial charge in [-0.25, -0.2) is 0 Å². The highest BCUT2D eigenvalue weighted by Gasteiger charge is 2.17. The number of nitrogens with zero attached hydrogens (tertiary/aromatic N) is 3. The Morgan fingerprint density at radius 1 is 1.53 bits per heavy atom. The topological polar surface area (TPSA) is 73.9 Å². The predicted molar refractivity (Wildman–Crippen MR) is 63.6 cm³/mol. The highest BCUT2D eigenvalue weighted by Crippen LogP contribution is 2.11. The Kier molecular flexibility index (Phi) is 4.08. The van der Waals surface area contributed by atoms with Gasteiger partial charge in [0.05, 0.1) is 6.20 Å². The third-order valence-corrected chi connectivity index (χ3v) is 3.22. The van der Waals surface area contributed by atoms with Crippen molar-refractivity contribution in [3.63, 3.8) is 0 Å². The van der Waals surface area contributed by atoms with E-state index in [1.165, 1.54) is 25.5 Å². The Morgan fingerprint density at radius 2 is 2.29 bits per heavy atom. The Labute approximate surface area is 101 Å². The van der Waals surface area contributed by atoms with E-state index >= 15 is 0 Å². The van der Waals surface area contributed by atoms with E-state index in [0.29, 0.717) is 18.3 Å². The summed E-state index contributed by atoms with van der Waals surface area (Å²) in [6.07, 6.45) is 5.29. The summed E-state index contributed by atoms with van der Waals surface area (Å²) in [6.45, 7) is 5.09. The van der Waals surface area contributed by atoms with Gasteiger partial charge in [0, 0.05) is 12.6 Å². The van der Waals surface area contributed by atoms with E-state index in [1.54, 1.807) is 0 Å². The van der Waals surface area contributed by atoms with Crippen LogP contribution >= 0.6 is 0 Å². The van der Waals surface area contributed by atoms with Crippen LogP contribution in [0.4, 0.5) is 0 Å². The minimum Gasteiger partial charge on any atom is -0.349 e. The second-order valence-electron chi connectivity index (χ2n) is 4.51. The molecule has 1 aromatic rings. The van der Waals surface area contributed by atoms with Crippen LogP contribution in [0.15, 0.2) is 6.20 Å². The molecule has 2 N–H and O–H groups in total. The molecule has 0 spiro atoms. The first-order valence-electron chi connectivity index (χ1n) is 6.15. The van der Waals surface area contributed by atoms with Gasteiger partial charge in [0.2, 0.25) is 0 Å². The lowest BCUT2D eigenvalue weighted by molar-refractivity contribution is 0.0925. The summed E-state index contributed by atoms with van der Waals surface area (Å²) in [5.74, 6) is -0.164. The predicted octanol–water partition coefficient (Wildman–Crippen LogP) is 0.409. The average molecular weight is 237 g/mol. The van der Waals surface area contributed by atoms with Crippen LogP contribution in [0.25, 0.3) is 0 Å². The summed E-state index contributed by atoms with van der Waals surface area (Å²) in [4.78, 5) is 14.1. The molecule has 2 rings (SSSR count). The second-order valence-corrected chi connectivity index (χ2v) is 4.51. The van der Waals surface area contributed by atoms with Crippen molar-refractivity contribution >= 4 is 5.91 Å². The largest absolute Gasteiger partial charge is 0.349 e. The van der Waals surface area contributed by atoms with Crippen molar-refractivity contribution in [3.8, 4) is 0 Å². The minimum absolute atomic E-state index is 0.164. The molecular weight excluding hydrogens is 218 g/mol. The number of likely N-dealkylation sites (tertiary alicyclic amines) is 1. The zero-order valence-electron chi connectivity index (χ0n) is 10.1. The molecule has 2 heterocycles. The van der Waals surface area contributed by atoms with Crippen molar-refractivity contribution in [2.24, 2.45) is 0 Å². The van der Waals surface area contributed by atoms with Crippen LogP contribution in [0.1, 0.15) is 36.7 Å². The highest BCUT2D eigenvalue weighted by molar-refractivity contribution is 5.91. The van der Waals surface area contributed by atoms with Gasteiger partial charge in [0.25, 0.3) is 5.91 Å². The molecule has 0 aliphatic carbocycles. The molecule has 17 heavy (non-hydrogen) atoms. The Bertz CT molecular complexity index is 345. The first-order valence-corrected chi connectivity index (χ1v) is 6.15. The van der Waals surface area contributed by atoms with Crippen LogP contribution < -0.4 is 5.32 Å². The molecule has 1 amide bonds. The molecule has 1 fully saturated rings. The number of nitrogens with one attached hydrogen (secondary N) is 2. The van der Waals surface area contributed by atoms with Gasteiger partial charge in [-0.2, -0.15) is 15.4 Å². The van der Waals surface area contributed by atoms with Gasteiger partial charge in [-0.3, -0.25) is 9.69 Å². The molecule has 0 aromatic carbocycles. The monoisotopic (exact) mass is 237 g/mol. The lowest BCUT2D eigenvalue weighted by Gasteiger charge is -2.32. The third-order valence-electron chi connectivity index (χ3n) is 3.22. The maximum absolute atomic E-state index is 11.6. The molecule has 1 unspecified atom stereocenters. The molecule has 1 aliphatic heterocycles. The molecule has 0 bridgehead atoms. The van der Waals surface area contributed by atoms with Crippen LogP contribution in [0, 0.1) is 0 Å². The second kappa shape index (κ2) is 5.77. The zero-order chi connectivity index (χ0) is 12.1. The summed E-state index contributed by atoms with van der Waals surface area (Å²) in [5, 5.41) is 12.7. The Morgan fingerprint density at radius 3 is 2.94 bits per heavy atom. The number of aromatic amines is 1. The SMILES string of the molecule is CC(CNC(=O)c1cn[nH]n1)N1CCCCC1. The smallest absolute Gasteiger partial charge is 0.273 e. The molecule has 1 aromatic heterocycles. The molecule has 1 aliphatic rings. The van der Waals surface area contributed by atoms with Gasteiger partial charge in [-0.15, -0.1) is 0 Å². The Hall–Kier alpha value is -1.43. The summed E-state index contributed by atoms with van der Waals surface area (Å²) >= 11 is 0. The van der Waals surface area contributed by atoms with Crippen molar-refractivity contribution in [1.82, 2.24) is 25.6 Å². The van der Waals surface area contributed by atoms with Crippen molar-refractivity contribution in [2.75, 3.05) is 19.6 Å². The molecular formula is C11H19N5O. The van der Waals surface area contributed by atoms with Gasteiger partial charge in [0.15, 0.2) is 5.69 Å². The molecule has 0 radical (unpaired) electrons. The lowest BCUT2D eigenvalue weighted by atomic mass is 10.1. The van der Waals surface area contributed by atoms with Crippen LogP contribution in [0.3, 0.4) is 0 Å². The van der Waals surface area contributed by atoms with E-state index in [1.807, 2.05) is 0 Å². The molecule has 6 heteroatoms. The highest BCUT2D eigenvalue weighted by atomic mass is 16.2. The fourth-order valence-corrected chi connectivity index (χ4v) is 2.13. The van der Waals surface area contributed by atoms with E-state index in [4.69, 9.17) is 0 Å². The number of amides is 1. The first kappa shape index (κ1) is 12.0. The summed E-state index contributed by atoms with van der Waals surface area (Å²) in [6, 6.07) is 0.381. The molecule has 94 valence electrons. The van der Waals surface area contributed by atoms with Crippen LogP contribution in [0.5, 0.6) is 0 Å². The van der Waals surface area contributed by atoms with Gasteiger partial charge in [0.1, 0.15) is 0 Å². The fraction of sp³-hybridized carbons (Fsp3) is 0.727. The first-order chi connectivity index (χ1) is 8.27. The number of hydrogen-bond acceptors (Lipinski definition) is 4. The Balaban J connectivity index is 1.75. The maximum Gasteiger partial charge on any atom is 0.273 e. The molecule has 6 nitrogen and oxygen atoms in total. The standard InChI is InChI=1S/C11H19N5O/c1-9(16-5-3-2-4-6-16)7-12-11(17)10-8-13-15-14-10/h8-9H,2-7H2,1H3,(H,12,17)(H,13,14,15). The molecule has 0 saturated carbocycles. The van der Waals surface area contributed by atoms with Crippen LogP contribution in [-0.4, -0.2) is 51.9 Å². The number of carbonyl (C=O) groups excluding carboxylic acids is 1. The number of H-pyrrole nitrogens is 1. The summed E-state index contributed by atoms with van der Waals surface area (Å²) < 4.78 is 0. The number of rotatable bonds is 4. The van der Waals surface area contributed by atoms with E-state index in [-0.39, 0.29) is 5.91 Å². The lowest BCUT2D eigenvalue weighted by Crippen LogP contribution is -2.44. The summed E-state index contributed by atoms with van der Waals surface area (Å²) in [5.41, 5.74) is 0.343. The number of hydrogen-bond donors (Lipinski definition) is 2. The number of aromatic nitrogens is 3. The van der Waals surface area contributed by atoms with E-state index in [9.17, 15) is 4.79 Å². The van der Waals surface area contributed by atoms with Gasteiger partial charge >= 0.3 is 0 Å². The van der Waals surface area contributed by atoms with Crippen molar-refractivity contribution in [2.45, 2.75) is 32.2 Å². The average Bonchev–Trinajstić information content (AvgIpc) is 2.90. The van der Waals surface area contributed by atoms with Gasteiger partial charge in [-0.05, 0) is 32.9 Å². The summed E-state index contributed by atoms with van der Waals surface area (Å²) in [7, 11) is 0. The molecule has 1 atom stereocenters. The van der Waals surface area contributed by atoms with E-state index in [2.05, 4.69) is 32.6 Å². The van der Waals surface area contributed by atoms with Crippen LogP contribution in [-0.2, 0) is 0 Å². The quantitative estimate of drug-likeness (QED) is 0.795. The van der Waals surface area contributed by atoms with E-state index < -0.39 is 0 Å². The number of carbonyl (C=O) groups is 1. The third kappa shape index (κ3) is 3.26. The van der Waals surface area contributed by atoms with Crippen molar-refractivity contribution < 1.29 is 4.79 Å². The van der Waals surface area contributed by atoms with E-state index in [0.717, 1.165) is 13.1 Å². The minimum atomic E-state index is -0.164. The zero-order valence-corrected chi connectivity index (χ0v) is 10.1. The number of piperidine rings is 1. The van der Waals surface area contributed by atoms with Crippen molar-refractivity contribution in [1.29, 1.82) is 0 Å². The van der Waals surface area contributed by atoms with Crippen LogP contribution in [0.2, 0.25) is 0 Å². The maximum atomic E-state index is 11.6. The van der Waals surface area contributed by atoms with Gasteiger partial charge < -0.3 is 5.32 Å². The normalized spacial score (nSPS) is 18.9. The fourth-order valence-electron chi connectivity index (χ4n) is 2.13.